The van der Waals surface area contributed by atoms with E-state index in [1.54, 1.807) is 0 Å². The maximum Gasteiger partial charge on any atom is 0.0345 e. The Bertz CT molecular complexity index is 318. The lowest BCUT2D eigenvalue weighted by Crippen LogP contribution is -2.33. The molecule has 1 N–H and O–H groups in total. The van der Waals surface area contributed by atoms with Gasteiger partial charge in [0.15, 0.2) is 0 Å². The molecule has 0 radical (unpaired) electrons. The van der Waals surface area contributed by atoms with Crippen molar-refractivity contribution in [1.82, 2.24) is 5.32 Å². The first kappa shape index (κ1) is 16.2. The summed E-state index contributed by atoms with van der Waals surface area (Å²) in [6, 6.07) is 11.9. The molecule has 1 aromatic rings. The van der Waals surface area contributed by atoms with Crippen LogP contribution in [-0.2, 0) is 0 Å². The Labute approximate surface area is 119 Å². The van der Waals surface area contributed by atoms with Gasteiger partial charge < -0.3 is 5.32 Å². The highest BCUT2D eigenvalue weighted by atomic mass is 14.9. The largest absolute Gasteiger partial charge is 0.307 e. The molecule has 0 saturated carbocycles. The molecule has 0 aliphatic rings. The summed E-state index contributed by atoms with van der Waals surface area (Å²) in [5.41, 5.74) is 1.41. The van der Waals surface area contributed by atoms with Crippen molar-refractivity contribution in [2.24, 2.45) is 5.92 Å². The Balaban J connectivity index is 2.45. The molecule has 0 aliphatic heterocycles. The van der Waals surface area contributed by atoms with Crippen LogP contribution in [0.5, 0.6) is 0 Å². The number of benzene rings is 1. The van der Waals surface area contributed by atoms with E-state index in [4.69, 9.17) is 0 Å². The number of rotatable bonds is 9. The Morgan fingerprint density at radius 1 is 0.947 bits per heavy atom. The minimum absolute atomic E-state index is 0.474. The molecule has 2 atom stereocenters. The summed E-state index contributed by atoms with van der Waals surface area (Å²) < 4.78 is 0. The predicted octanol–water partition coefficient (Wildman–Crippen LogP) is 5.33. The van der Waals surface area contributed by atoms with Gasteiger partial charge in [-0.1, -0.05) is 76.8 Å². The van der Waals surface area contributed by atoms with Gasteiger partial charge in [0.1, 0.15) is 0 Å². The number of hydrogen-bond donors (Lipinski definition) is 1. The van der Waals surface area contributed by atoms with Gasteiger partial charge >= 0.3 is 0 Å². The number of nitrogens with one attached hydrogen (secondary N) is 1. The molecule has 1 aromatic carbocycles. The first-order valence-electron chi connectivity index (χ1n) is 7.96. The van der Waals surface area contributed by atoms with Crippen LogP contribution in [-0.4, -0.2) is 6.04 Å². The van der Waals surface area contributed by atoms with E-state index in [1.165, 1.54) is 37.7 Å². The topological polar surface area (TPSA) is 12.0 Å². The van der Waals surface area contributed by atoms with Crippen LogP contribution in [0, 0.1) is 5.92 Å². The average molecular weight is 261 g/mol. The van der Waals surface area contributed by atoms with E-state index in [9.17, 15) is 0 Å². The van der Waals surface area contributed by atoms with Crippen LogP contribution in [0.4, 0.5) is 0 Å². The van der Waals surface area contributed by atoms with Crippen molar-refractivity contribution in [3.05, 3.63) is 35.9 Å². The molecule has 0 spiro atoms. The third-order valence-electron chi connectivity index (χ3n) is 3.78. The maximum absolute atomic E-state index is 3.81. The zero-order chi connectivity index (χ0) is 14.1. The first-order chi connectivity index (χ1) is 9.15. The van der Waals surface area contributed by atoms with Crippen molar-refractivity contribution in [2.75, 3.05) is 0 Å². The van der Waals surface area contributed by atoms with Crippen LogP contribution in [0.2, 0.25) is 0 Å². The van der Waals surface area contributed by atoms with Gasteiger partial charge in [0.2, 0.25) is 0 Å². The Kier molecular flexibility index (Phi) is 7.81. The molecule has 0 amide bonds. The molecule has 0 aliphatic carbocycles. The SMILES string of the molecule is CCCCCCC(C)NC(c1ccccc1)C(C)C. The van der Waals surface area contributed by atoms with Crippen molar-refractivity contribution in [1.29, 1.82) is 0 Å². The highest BCUT2D eigenvalue weighted by Gasteiger charge is 2.17. The molecular weight excluding hydrogens is 230 g/mol. The fourth-order valence-electron chi connectivity index (χ4n) is 2.60. The Morgan fingerprint density at radius 2 is 1.63 bits per heavy atom. The molecule has 0 fully saturated rings. The van der Waals surface area contributed by atoms with Gasteiger partial charge in [-0.15, -0.1) is 0 Å². The number of unbranched alkanes of at least 4 members (excludes halogenated alkanes) is 3. The molecule has 0 saturated heterocycles. The highest BCUT2D eigenvalue weighted by molar-refractivity contribution is 5.19. The predicted molar refractivity (Wildman–Crippen MR) is 85.4 cm³/mol. The van der Waals surface area contributed by atoms with Crippen LogP contribution < -0.4 is 5.32 Å². The molecule has 1 rings (SSSR count). The van der Waals surface area contributed by atoms with Crippen molar-refractivity contribution >= 4 is 0 Å². The lowest BCUT2D eigenvalue weighted by Gasteiger charge is -2.27. The average Bonchev–Trinajstić information content (AvgIpc) is 2.41. The van der Waals surface area contributed by atoms with Crippen LogP contribution in [0.25, 0.3) is 0 Å². The van der Waals surface area contributed by atoms with E-state index in [2.05, 4.69) is 63.3 Å². The summed E-state index contributed by atoms with van der Waals surface area (Å²) in [5.74, 6) is 0.625. The van der Waals surface area contributed by atoms with Gasteiger partial charge in [-0.05, 0) is 24.8 Å². The van der Waals surface area contributed by atoms with Gasteiger partial charge in [0.05, 0.1) is 0 Å². The Morgan fingerprint density at radius 3 is 2.21 bits per heavy atom. The second kappa shape index (κ2) is 9.14. The zero-order valence-corrected chi connectivity index (χ0v) is 13.2. The molecule has 0 bridgehead atoms. The van der Waals surface area contributed by atoms with Gasteiger partial charge in [0.25, 0.3) is 0 Å². The van der Waals surface area contributed by atoms with E-state index in [0.717, 1.165) is 0 Å². The molecule has 1 heteroatoms. The van der Waals surface area contributed by atoms with Gasteiger partial charge in [-0.25, -0.2) is 0 Å². The van der Waals surface area contributed by atoms with Crippen molar-refractivity contribution in [3.8, 4) is 0 Å². The minimum atomic E-state index is 0.474. The maximum atomic E-state index is 3.81. The van der Waals surface area contributed by atoms with E-state index in [0.29, 0.717) is 18.0 Å². The van der Waals surface area contributed by atoms with Crippen molar-refractivity contribution in [2.45, 2.75) is 71.9 Å². The van der Waals surface area contributed by atoms with Crippen molar-refractivity contribution < 1.29 is 0 Å². The quantitative estimate of drug-likeness (QED) is 0.592. The monoisotopic (exact) mass is 261 g/mol. The zero-order valence-electron chi connectivity index (χ0n) is 13.2. The molecular formula is C18H31N. The highest BCUT2D eigenvalue weighted by Crippen LogP contribution is 2.22. The summed E-state index contributed by atoms with van der Waals surface area (Å²) >= 11 is 0. The first-order valence-corrected chi connectivity index (χ1v) is 7.96. The van der Waals surface area contributed by atoms with Gasteiger partial charge in [0, 0.05) is 12.1 Å². The van der Waals surface area contributed by atoms with Crippen LogP contribution in [0.15, 0.2) is 30.3 Å². The minimum Gasteiger partial charge on any atom is -0.307 e. The molecule has 19 heavy (non-hydrogen) atoms. The summed E-state index contributed by atoms with van der Waals surface area (Å²) in [7, 11) is 0. The number of hydrogen-bond acceptors (Lipinski definition) is 1. The second-order valence-electron chi connectivity index (χ2n) is 6.05. The van der Waals surface area contributed by atoms with Crippen LogP contribution >= 0.6 is 0 Å². The van der Waals surface area contributed by atoms with Crippen LogP contribution in [0.1, 0.15) is 71.4 Å². The smallest absolute Gasteiger partial charge is 0.0345 e. The van der Waals surface area contributed by atoms with Crippen molar-refractivity contribution in [3.63, 3.8) is 0 Å². The fourth-order valence-corrected chi connectivity index (χ4v) is 2.60. The van der Waals surface area contributed by atoms with E-state index in [1.807, 2.05) is 0 Å². The third kappa shape index (κ3) is 6.24. The second-order valence-corrected chi connectivity index (χ2v) is 6.05. The van der Waals surface area contributed by atoms with E-state index >= 15 is 0 Å². The Hall–Kier alpha value is -0.820. The molecule has 0 aromatic heterocycles. The molecule has 0 heterocycles. The normalized spacial score (nSPS) is 14.6. The lowest BCUT2D eigenvalue weighted by atomic mass is 9.94. The van der Waals surface area contributed by atoms with E-state index in [-0.39, 0.29) is 0 Å². The third-order valence-corrected chi connectivity index (χ3v) is 3.78. The molecule has 1 nitrogen and oxygen atoms in total. The fraction of sp³-hybridized carbons (Fsp3) is 0.667. The molecule has 2 unspecified atom stereocenters. The van der Waals surface area contributed by atoms with E-state index < -0.39 is 0 Å². The summed E-state index contributed by atoms with van der Waals surface area (Å²) in [4.78, 5) is 0. The lowest BCUT2D eigenvalue weighted by molar-refractivity contribution is 0.353. The standard InChI is InChI=1S/C18H31N/c1-5-6-7-9-12-16(4)19-18(15(2)3)17-13-10-8-11-14-17/h8,10-11,13-16,18-19H,5-7,9,12H2,1-4H3. The van der Waals surface area contributed by atoms with Gasteiger partial charge in [-0.2, -0.15) is 0 Å². The van der Waals surface area contributed by atoms with Crippen LogP contribution in [0.3, 0.4) is 0 Å². The van der Waals surface area contributed by atoms with Gasteiger partial charge in [-0.3, -0.25) is 0 Å². The molecule has 108 valence electrons. The summed E-state index contributed by atoms with van der Waals surface area (Å²) in [5, 5.41) is 3.81. The summed E-state index contributed by atoms with van der Waals surface area (Å²) in [6.45, 7) is 9.19. The summed E-state index contributed by atoms with van der Waals surface area (Å²) in [6.07, 6.45) is 6.71.